The molecule has 1 atom stereocenters. The minimum Gasteiger partial charge on any atom is -0.394 e. The molecule has 3 N–H and O–H groups in total. The Labute approximate surface area is 74.3 Å². The second-order valence-electron chi connectivity index (χ2n) is 2.15. The standard InChI is InChI=1S/C6H11N3O2S/c7-3-6(11-2-1-10)5-4-12-9-8-5/h4,6,10H,1-3,7H2. The molecule has 0 radical (unpaired) electrons. The summed E-state index contributed by atoms with van der Waals surface area (Å²) >= 11 is 1.26. The summed E-state index contributed by atoms with van der Waals surface area (Å²) in [5, 5.41) is 14.1. The minimum absolute atomic E-state index is 0.00589. The van der Waals surface area contributed by atoms with Crippen molar-refractivity contribution < 1.29 is 9.84 Å². The predicted octanol–water partition coefficient (Wildman–Crippen LogP) is -0.453. The summed E-state index contributed by atoms with van der Waals surface area (Å²) < 4.78 is 8.91. The van der Waals surface area contributed by atoms with E-state index in [1.165, 1.54) is 11.5 Å². The van der Waals surface area contributed by atoms with E-state index in [2.05, 4.69) is 9.59 Å². The van der Waals surface area contributed by atoms with Crippen LogP contribution in [0.1, 0.15) is 11.8 Å². The van der Waals surface area contributed by atoms with E-state index in [0.717, 1.165) is 5.69 Å². The maximum absolute atomic E-state index is 8.51. The molecule has 0 saturated carbocycles. The minimum atomic E-state index is -0.240. The van der Waals surface area contributed by atoms with Crippen molar-refractivity contribution >= 4 is 11.5 Å². The number of aromatic nitrogens is 2. The van der Waals surface area contributed by atoms with Crippen molar-refractivity contribution in [3.63, 3.8) is 0 Å². The average Bonchev–Trinajstić information content (AvgIpc) is 2.59. The highest BCUT2D eigenvalue weighted by molar-refractivity contribution is 7.03. The Morgan fingerprint density at radius 1 is 1.75 bits per heavy atom. The van der Waals surface area contributed by atoms with E-state index < -0.39 is 0 Å². The molecule has 1 aromatic heterocycles. The Morgan fingerprint density at radius 2 is 2.58 bits per heavy atom. The molecule has 0 fully saturated rings. The molecule has 68 valence electrons. The van der Waals surface area contributed by atoms with E-state index in [9.17, 15) is 0 Å². The van der Waals surface area contributed by atoms with Gasteiger partial charge in [-0.3, -0.25) is 0 Å². The molecule has 0 aliphatic rings. The second-order valence-corrected chi connectivity index (χ2v) is 2.76. The molecule has 0 aromatic carbocycles. The molecule has 5 nitrogen and oxygen atoms in total. The largest absolute Gasteiger partial charge is 0.394 e. The van der Waals surface area contributed by atoms with E-state index in [1.54, 1.807) is 5.38 Å². The quantitative estimate of drug-likeness (QED) is 0.655. The maximum atomic E-state index is 8.51. The van der Waals surface area contributed by atoms with Gasteiger partial charge in [0.05, 0.1) is 13.2 Å². The number of aliphatic hydroxyl groups is 1. The van der Waals surface area contributed by atoms with Gasteiger partial charge in [0.15, 0.2) is 0 Å². The normalized spacial score (nSPS) is 13.2. The molecule has 1 heterocycles. The smallest absolute Gasteiger partial charge is 0.114 e. The predicted molar refractivity (Wildman–Crippen MR) is 44.7 cm³/mol. The van der Waals surface area contributed by atoms with E-state index >= 15 is 0 Å². The van der Waals surface area contributed by atoms with Crippen LogP contribution in [0.15, 0.2) is 5.38 Å². The molecule has 0 aliphatic carbocycles. The first-order chi connectivity index (χ1) is 5.88. The summed E-state index contributed by atoms with van der Waals surface area (Å²) in [5.74, 6) is 0. The van der Waals surface area contributed by atoms with E-state index in [1.807, 2.05) is 0 Å². The van der Waals surface area contributed by atoms with Gasteiger partial charge in [-0.05, 0) is 11.5 Å². The number of hydrogen-bond acceptors (Lipinski definition) is 6. The fourth-order valence-electron chi connectivity index (χ4n) is 0.781. The van der Waals surface area contributed by atoms with Crippen LogP contribution in [0.25, 0.3) is 0 Å². The molecule has 0 bridgehead atoms. The van der Waals surface area contributed by atoms with Gasteiger partial charge in [-0.2, -0.15) is 0 Å². The molecule has 12 heavy (non-hydrogen) atoms. The molecule has 1 rings (SSSR count). The van der Waals surface area contributed by atoms with Crippen molar-refractivity contribution in [1.29, 1.82) is 0 Å². The summed E-state index contributed by atoms with van der Waals surface area (Å²) in [6.45, 7) is 0.624. The van der Waals surface area contributed by atoms with Crippen LogP contribution >= 0.6 is 11.5 Å². The first-order valence-corrected chi connectivity index (χ1v) is 4.41. The Kier molecular flexibility index (Phi) is 4.09. The lowest BCUT2D eigenvalue weighted by atomic mass is 10.3. The van der Waals surface area contributed by atoms with Crippen LogP contribution in [0.3, 0.4) is 0 Å². The van der Waals surface area contributed by atoms with Crippen molar-refractivity contribution in [3.8, 4) is 0 Å². The summed E-state index contributed by atoms with van der Waals surface area (Å²) in [7, 11) is 0. The highest BCUT2D eigenvalue weighted by Gasteiger charge is 2.11. The van der Waals surface area contributed by atoms with Crippen LogP contribution in [0.4, 0.5) is 0 Å². The molecule has 6 heteroatoms. The number of aliphatic hydroxyl groups excluding tert-OH is 1. The number of nitrogens with two attached hydrogens (primary N) is 1. The molecule has 1 aromatic rings. The van der Waals surface area contributed by atoms with Crippen molar-refractivity contribution in [3.05, 3.63) is 11.1 Å². The fourth-order valence-corrected chi connectivity index (χ4v) is 1.28. The van der Waals surface area contributed by atoms with Gasteiger partial charge in [-0.15, -0.1) is 5.10 Å². The Bertz CT molecular complexity index is 205. The van der Waals surface area contributed by atoms with Crippen molar-refractivity contribution in [1.82, 2.24) is 9.59 Å². The maximum Gasteiger partial charge on any atom is 0.114 e. The van der Waals surface area contributed by atoms with Crippen molar-refractivity contribution in [2.45, 2.75) is 6.10 Å². The number of nitrogens with zero attached hydrogens (tertiary/aromatic N) is 2. The van der Waals surface area contributed by atoms with Crippen LogP contribution in [-0.2, 0) is 4.74 Å². The van der Waals surface area contributed by atoms with Gasteiger partial charge in [-0.1, -0.05) is 4.49 Å². The molecule has 1 unspecified atom stereocenters. The third kappa shape index (κ3) is 2.49. The summed E-state index contributed by atoms with van der Waals surface area (Å²) in [5.41, 5.74) is 6.17. The third-order valence-corrected chi connectivity index (χ3v) is 1.85. The summed E-state index contributed by atoms with van der Waals surface area (Å²) in [6, 6.07) is 0. The Morgan fingerprint density at radius 3 is 3.08 bits per heavy atom. The Hall–Kier alpha value is -0.560. The summed E-state index contributed by atoms with van der Waals surface area (Å²) in [4.78, 5) is 0. The van der Waals surface area contributed by atoms with Crippen LogP contribution < -0.4 is 5.73 Å². The van der Waals surface area contributed by atoms with Crippen molar-refractivity contribution in [2.75, 3.05) is 19.8 Å². The number of rotatable bonds is 5. The van der Waals surface area contributed by atoms with Gasteiger partial charge in [-0.25, -0.2) is 0 Å². The number of ether oxygens (including phenoxy) is 1. The second kappa shape index (κ2) is 5.15. The van der Waals surface area contributed by atoms with E-state index in [-0.39, 0.29) is 19.3 Å². The lowest BCUT2D eigenvalue weighted by molar-refractivity contribution is 0.0306. The topological polar surface area (TPSA) is 81.3 Å². The van der Waals surface area contributed by atoms with Crippen molar-refractivity contribution in [2.24, 2.45) is 5.73 Å². The number of hydrogen-bond donors (Lipinski definition) is 2. The SMILES string of the molecule is NCC(OCCO)c1csnn1. The van der Waals surface area contributed by atoms with Gasteiger partial charge < -0.3 is 15.6 Å². The van der Waals surface area contributed by atoms with Gasteiger partial charge in [0.1, 0.15) is 11.8 Å². The summed E-state index contributed by atoms with van der Waals surface area (Å²) in [6.07, 6.45) is -0.240. The third-order valence-electron chi connectivity index (χ3n) is 1.33. The van der Waals surface area contributed by atoms with Gasteiger partial charge in [0.25, 0.3) is 0 Å². The first-order valence-electron chi connectivity index (χ1n) is 3.58. The van der Waals surface area contributed by atoms with Crippen LogP contribution in [0, 0.1) is 0 Å². The van der Waals surface area contributed by atoms with Gasteiger partial charge in [0, 0.05) is 11.9 Å². The molecule has 0 amide bonds. The molecule has 0 aliphatic heterocycles. The van der Waals surface area contributed by atoms with E-state index in [0.29, 0.717) is 6.54 Å². The Balaban J connectivity index is 2.45. The van der Waals surface area contributed by atoms with Crippen LogP contribution in [0.2, 0.25) is 0 Å². The molecule has 0 spiro atoms. The van der Waals surface area contributed by atoms with Crippen LogP contribution in [-0.4, -0.2) is 34.5 Å². The van der Waals surface area contributed by atoms with Gasteiger partial charge >= 0.3 is 0 Å². The molecule has 0 saturated heterocycles. The van der Waals surface area contributed by atoms with Gasteiger partial charge in [0.2, 0.25) is 0 Å². The highest BCUT2D eigenvalue weighted by atomic mass is 32.1. The monoisotopic (exact) mass is 189 g/mol. The highest BCUT2D eigenvalue weighted by Crippen LogP contribution is 2.13. The van der Waals surface area contributed by atoms with Crippen LogP contribution in [0.5, 0.6) is 0 Å². The zero-order valence-electron chi connectivity index (χ0n) is 6.51. The fraction of sp³-hybridized carbons (Fsp3) is 0.667. The lowest BCUT2D eigenvalue weighted by Gasteiger charge is -2.11. The zero-order valence-corrected chi connectivity index (χ0v) is 7.33. The zero-order chi connectivity index (χ0) is 8.81. The lowest BCUT2D eigenvalue weighted by Crippen LogP contribution is -2.17. The first kappa shape index (κ1) is 9.53. The molecular weight excluding hydrogens is 178 g/mol. The van der Waals surface area contributed by atoms with E-state index in [4.69, 9.17) is 15.6 Å². The molecular formula is C6H11N3O2S. The average molecular weight is 189 g/mol.